The largest absolute Gasteiger partial charge is 0.357 e. The Morgan fingerprint density at radius 2 is 2.10 bits per heavy atom. The lowest BCUT2D eigenvalue weighted by Crippen LogP contribution is -2.31. The lowest BCUT2D eigenvalue weighted by atomic mass is 10.1. The maximum absolute atomic E-state index is 11.7. The normalized spacial score (nSPS) is 15.2. The summed E-state index contributed by atoms with van der Waals surface area (Å²) in [6.45, 7) is 5.57. The summed E-state index contributed by atoms with van der Waals surface area (Å²) < 4.78 is 1.81. The molecule has 0 N–H and O–H groups in total. The van der Waals surface area contributed by atoms with E-state index in [2.05, 4.69) is 21.6 Å². The van der Waals surface area contributed by atoms with Gasteiger partial charge in [-0.2, -0.15) is 9.50 Å². The van der Waals surface area contributed by atoms with Crippen molar-refractivity contribution in [2.45, 2.75) is 19.3 Å². The minimum atomic E-state index is -0.217. The van der Waals surface area contributed by atoms with E-state index in [4.69, 9.17) is 0 Å². The van der Waals surface area contributed by atoms with Crippen LogP contribution in [-0.4, -0.2) is 40.6 Å². The Balaban J connectivity index is 2.00. The van der Waals surface area contributed by atoms with Gasteiger partial charge in [0.25, 0.3) is 11.9 Å². The molecule has 1 saturated heterocycles. The number of fused-ring (bicyclic) bond motifs is 1. The van der Waals surface area contributed by atoms with Crippen LogP contribution in [0.1, 0.15) is 19.3 Å². The van der Waals surface area contributed by atoms with Crippen molar-refractivity contribution in [2.24, 2.45) is 0 Å². The van der Waals surface area contributed by atoms with E-state index in [-0.39, 0.29) is 5.91 Å². The van der Waals surface area contributed by atoms with Gasteiger partial charge in [-0.05, 0) is 37.5 Å². The Morgan fingerprint density at radius 3 is 2.81 bits per heavy atom. The number of anilines is 2. The predicted octanol–water partition coefficient (Wildman–Crippen LogP) is 1.87. The van der Waals surface area contributed by atoms with E-state index in [1.54, 1.807) is 7.05 Å². The highest BCUT2D eigenvalue weighted by molar-refractivity contribution is 5.99. The van der Waals surface area contributed by atoms with Crippen LogP contribution in [-0.2, 0) is 4.79 Å². The highest BCUT2D eigenvalue weighted by atomic mass is 16.2. The average Bonchev–Trinajstić information content (AvgIpc) is 2.98. The number of carbonyl (C=O) groups excluding carboxylic acids is 1. The van der Waals surface area contributed by atoms with E-state index in [1.165, 1.54) is 30.2 Å². The number of nitrogens with zero attached hydrogens (tertiary/aromatic N) is 5. The maximum Gasteiger partial charge on any atom is 0.252 e. The first-order chi connectivity index (χ1) is 10.2. The van der Waals surface area contributed by atoms with Crippen molar-refractivity contribution in [1.29, 1.82) is 0 Å². The zero-order valence-corrected chi connectivity index (χ0v) is 12.2. The minimum absolute atomic E-state index is 0.217. The number of aromatic nitrogens is 3. The molecule has 110 valence electrons. The molecular formula is C15H19N5O. The van der Waals surface area contributed by atoms with Gasteiger partial charge in [0, 0.05) is 20.1 Å². The molecule has 0 aromatic carbocycles. The molecule has 0 radical (unpaired) electrons. The molecule has 0 bridgehead atoms. The summed E-state index contributed by atoms with van der Waals surface area (Å²) >= 11 is 0. The van der Waals surface area contributed by atoms with Crippen molar-refractivity contribution in [3.8, 4) is 0 Å². The SMILES string of the molecule is C=CC(=O)N(C)c1nc2cccc(N3CCCCC3)n2n1. The number of pyridine rings is 1. The summed E-state index contributed by atoms with van der Waals surface area (Å²) in [5.41, 5.74) is 0.747. The van der Waals surface area contributed by atoms with E-state index in [1.807, 2.05) is 22.7 Å². The van der Waals surface area contributed by atoms with Crippen LogP contribution in [0.2, 0.25) is 0 Å². The molecule has 6 heteroatoms. The van der Waals surface area contributed by atoms with Crippen LogP contribution in [0.3, 0.4) is 0 Å². The highest BCUT2D eigenvalue weighted by Crippen LogP contribution is 2.21. The van der Waals surface area contributed by atoms with Crippen LogP contribution in [0.5, 0.6) is 0 Å². The first-order valence-electron chi connectivity index (χ1n) is 7.21. The van der Waals surface area contributed by atoms with E-state index in [9.17, 15) is 4.79 Å². The van der Waals surface area contributed by atoms with Crippen molar-refractivity contribution < 1.29 is 4.79 Å². The molecule has 2 aromatic rings. The van der Waals surface area contributed by atoms with E-state index in [0.717, 1.165) is 24.6 Å². The van der Waals surface area contributed by atoms with Gasteiger partial charge in [-0.25, -0.2) is 0 Å². The Kier molecular flexibility index (Phi) is 3.60. The zero-order valence-electron chi connectivity index (χ0n) is 12.2. The summed E-state index contributed by atoms with van der Waals surface area (Å²) in [4.78, 5) is 19.8. The van der Waals surface area contributed by atoms with Crippen LogP contribution >= 0.6 is 0 Å². The quantitative estimate of drug-likeness (QED) is 0.808. The lowest BCUT2D eigenvalue weighted by molar-refractivity contribution is -0.113. The summed E-state index contributed by atoms with van der Waals surface area (Å²) in [6, 6.07) is 5.93. The number of hydrogen-bond acceptors (Lipinski definition) is 4. The van der Waals surface area contributed by atoms with Gasteiger partial charge >= 0.3 is 0 Å². The fourth-order valence-corrected chi connectivity index (χ4v) is 2.62. The molecule has 3 heterocycles. The molecule has 1 amide bonds. The molecule has 3 rings (SSSR count). The second-order valence-corrected chi connectivity index (χ2v) is 5.21. The predicted molar refractivity (Wildman–Crippen MR) is 82.7 cm³/mol. The van der Waals surface area contributed by atoms with Crippen molar-refractivity contribution in [3.05, 3.63) is 30.9 Å². The summed E-state index contributed by atoms with van der Waals surface area (Å²) in [5, 5.41) is 4.48. The third-order valence-corrected chi connectivity index (χ3v) is 3.81. The zero-order chi connectivity index (χ0) is 14.8. The first-order valence-corrected chi connectivity index (χ1v) is 7.21. The molecule has 0 spiro atoms. The summed E-state index contributed by atoms with van der Waals surface area (Å²) in [7, 11) is 1.65. The number of carbonyl (C=O) groups is 1. The van der Waals surface area contributed by atoms with Crippen molar-refractivity contribution in [2.75, 3.05) is 29.9 Å². The van der Waals surface area contributed by atoms with Crippen LogP contribution in [0.4, 0.5) is 11.8 Å². The van der Waals surface area contributed by atoms with Crippen molar-refractivity contribution in [3.63, 3.8) is 0 Å². The topological polar surface area (TPSA) is 53.7 Å². The Morgan fingerprint density at radius 1 is 1.33 bits per heavy atom. The van der Waals surface area contributed by atoms with Gasteiger partial charge in [-0.3, -0.25) is 9.69 Å². The fourth-order valence-electron chi connectivity index (χ4n) is 2.62. The van der Waals surface area contributed by atoms with Crippen molar-refractivity contribution in [1.82, 2.24) is 14.6 Å². The second-order valence-electron chi connectivity index (χ2n) is 5.21. The third kappa shape index (κ3) is 2.49. The lowest BCUT2D eigenvalue weighted by Gasteiger charge is -2.28. The Bertz CT molecular complexity index is 672. The molecular weight excluding hydrogens is 266 g/mol. The van der Waals surface area contributed by atoms with Crippen LogP contribution < -0.4 is 9.80 Å². The van der Waals surface area contributed by atoms with Crippen LogP contribution in [0.25, 0.3) is 5.65 Å². The molecule has 1 fully saturated rings. The second kappa shape index (κ2) is 5.55. The Hall–Kier alpha value is -2.37. The van der Waals surface area contributed by atoms with Gasteiger partial charge in [-0.1, -0.05) is 12.6 Å². The molecule has 2 aromatic heterocycles. The molecule has 0 atom stereocenters. The van der Waals surface area contributed by atoms with Gasteiger partial charge in [0.15, 0.2) is 5.65 Å². The number of piperidine rings is 1. The standard InChI is InChI=1S/C15H19N5O/c1-3-14(21)18(2)15-16-12-8-7-9-13(20(12)17-15)19-10-5-4-6-11-19/h3,7-9H,1,4-6,10-11H2,2H3. The van der Waals surface area contributed by atoms with E-state index in [0.29, 0.717) is 5.95 Å². The van der Waals surface area contributed by atoms with E-state index < -0.39 is 0 Å². The number of likely N-dealkylation sites (N-methyl/N-ethyl adjacent to an activating group) is 1. The Labute approximate surface area is 123 Å². The minimum Gasteiger partial charge on any atom is -0.357 e. The van der Waals surface area contributed by atoms with Gasteiger partial charge in [0.1, 0.15) is 5.82 Å². The summed E-state index contributed by atoms with van der Waals surface area (Å²) in [6.07, 6.45) is 4.95. The fraction of sp³-hybridized carbons (Fsp3) is 0.400. The van der Waals surface area contributed by atoms with Gasteiger partial charge in [0.2, 0.25) is 0 Å². The van der Waals surface area contributed by atoms with E-state index >= 15 is 0 Å². The maximum atomic E-state index is 11.7. The molecule has 21 heavy (non-hydrogen) atoms. The van der Waals surface area contributed by atoms with Crippen LogP contribution in [0.15, 0.2) is 30.9 Å². The van der Waals surface area contributed by atoms with Gasteiger partial charge in [0.05, 0.1) is 0 Å². The van der Waals surface area contributed by atoms with Gasteiger partial charge < -0.3 is 4.90 Å². The molecule has 6 nitrogen and oxygen atoms in total. The molecule has 0 aliphatic carbocycles. The molecule has 1 aliphatic rings. The molecule has 0 unspecified atom stereocenters. The smallest absolute Gasteiger partial charge is 0.252 e. The first kappa shape index (κ1) is 13.6. The highest BCUT2D eigenvalue weighted by Gasteiger charge is 2.18. The van der Waals surface area contributed by atoms with Crippen molar-refractivity contribution >= 4 is 23.3 Å². The molecule has 1 aliphatic heterocycles. The van der Waals surface area contributed by atoms with Gasteiger partial charge in [-0.15, -0.1) is 5.10 Å². The number of rotatable bonds is 3. The monoisotopic (exact) mass is 285 g/mol. The average molecular weight is 285 g/mol. The third-order valence-electron chi connectivity index (χ3n) is 3.81. The number of hydrogen-bond donors (Lipinski definition) is 0. The number of amides is 1. The van der Waals surface area contributed by atoms with Crippen LogP contribution in [0, 0.1) is 0 Å². The summed E-state index contributed by atoms with van der Waals surface area (Å²) in [5.74, 6) is 1.21. The molecule has 0 saturated carbocycles.